The molecule has 3 N–H and O–H groups in total. The molecule has 0 saturated carbocycles. The molecule has 1 saturated heterocycles. The molecule has 27 heavy (non-hydrogen) atoms. The predicted octanol–water partition coefficient (Wildman–Crippen LogP) is 0.827. The first kappa shape index (κ1) is 17.8. The largest absolute Gasteiger partial charge is 0.391 e. The summed E-state index contributed by atoms with van der Waals surface area (Å²) in [6, 6.07) is 5.03. The van der Waals surface area contributed by atoms with Crippen LogP contribution in [-0.4, -0.2) is 69.3 Å². The second-order valence-electron chi connectivity index (χ2n) is 6.59. The lowest BCUT2D eigenvalue weighted by Gasteiger charge is -2.35. The molecule has 1 aliphatic heterocycles. The van der Waals surface area contributed by atoms with Crippen LogP contribution in [0.15, 0.2) is 36.8 Å². The average Bonchev–Trinajstić information content (AvgIpc) is 3.11. The van der Waals surface area contributed by atoms with Gasteiger partial charge < -0.3 is 15.4 Å². The van der Waals surface area contributed by atoms with Gasteiger partial charge in [-0.1, -0.05) is 0 Å². The van der Waals surface area contributed by atoms with Crippen molar-refractivity contribution in [1.82, 2.24) is 24.2 Å². The Morgan fingerprint density at radius 1 is 1.33 bits per heavy atom. The number of anilines is 1. The van der Waals surface area contributed by atoms with E-state index in [2.05, 4.69) is 25.3 Å². The number of aromatic nitrogens is 4. The van der Waals surface area contributed by atoms with Crippen molar-refractivity contribution in [2.24, 2.45) is 0 Å². The first-order chi connectivity index (χ1) is 12.9. The molecule has 0 aliphatic carbocycles. The maximum atomic E-state index is 11.9. The smallest absolute Gasteiger partial charge is 0.211 e. The fourth-order valence-electron chi connectivity index (χ4n) is 3.22. The fourth-order valence-corrected chi connectivity index (χ4v) is 4.08. The zero-order valence-electron chi connectivity index (χ0n) is 14.7. The Labute approximate surface area is 156 Å². The number of nitrogens with zero attached hydrogens (tertiary/aromatic N) is 4. The summed E-state index contributed by atoms with van der Waals surface area (Å²) in [6.07, 6.45) is 5.93. The number of nitrogens with one attached hydrogen (secondary N) is 2. The zero-order chi connectivity index (χ0) is 19.0. The summed E-state index contributed by atoms with van der Waals surface area (Å²) in [5, 5.41) is 13.5. The molecule has 9 nitrogen and oxygen atoms in total. The van der Waals surface area contributed by atoms with Crippen LogP contribution in [0.5, 0.6) is 0 Å². The Morgan fingerprint density at radius 3 is 3.00 bits per heavy atom. The molecule has 1 aliphatic rings. The first-order valence-corrected chi connectivity index (χ1v) is 10.4. The minimum atomic E-state index is -3.32. The van der Waals surface area contributed by atoms with Crippen molar-refractivity contribution in [3.8, 4) is 11.3 Å². The number of sulfonamides is 1. The molecule has 0 spiro atoms. The van der Waals surface area contributed by atoms with Gasteiger partial charge in [-0.3, -0.25) is 0 Å². The molecule has 0 bridgehead atoms. The molecule has 0 radical (unpaired) electrons. The highest BCUT2D eigenvalue weighted by Crippen LogP contribution is 2.27. The first-order valence-electron chi connectivity index (χ1n) is 8.57. The Morgan fingerprint density at radius 2 is 2.19 bits per heavy atom. The number of hydrogen-bond donors (Lipinski definition) is 3. The van der Waals surface area contributed by atoms with E-state index >= 15 is 0 Å². The maximum Gasteiger partial charge on any atom is 0.211 e. The van der Waals surface area contributed by atoms with Crippen LogP contribution in [0, 0.1) is 0 Å². The van der Waals surface area contributed by atoms with E-state index in [1.807, 2.05) is 12.1 Å². The lowest BCUT2D eigenvalue weighted by atomic mass is 10.0. The number of pyridine rings is 1. The van der Waals surface area contributed by atoms with Crippen LogP contribution in [-0.2, 0) is 10.0 Å². The van der Waals surface area contributed by atoms with Gasteiger partial charge >= 0.3 is 0 Å². The van der Waals surface area contributed by atoms with Gasteiger partial charge in [0, 0.05) is 31.0 Å². The van der Waals surface area contributed by atoms with Crippen molar-refractivity contribution in [3.05, 3.63) is 36.8 Å². The van der Waals surface area contributed by atoms with Crippen LogP contribution < -0.4 is 5.32 Å². The fraction of sp³-hybridized carbons (Fsp3) is 0.353. The number of H-pyrrole nitrogens is 1. The van der Waals surface area contributed by atoms with Crippen LogP contribution in [0.2, 0.25) is 0 Å². The van der Waals surface area contributed by atoms with Gasteiger partial charge in [0.1, 0.15) is 11.3 Å². The molecule has 10 heteroatoms. The molecule has 0 aromatic carbocycles. The summed E-state index contributed by atoms with van der Waals surface area (Å²) in [5.41, 5.74) is 2.81. The SMILES string of the molecule is CS(=O)(=O)N1CCC(O)C(Nc2ncccc2-c2cnc3[nH]ccc3n2)C1. The zero-order valence-corrected chi connectivity index (χ0v) is 15.5. The molecule has 4 heterocycles. The van der Waals surface area contributed by atoms with Crippen LogP contribution in [0.1, 0.15) is 6.42 Å². The molecular formula is C17H20N6O3S. The third-order valence-corrected chi connectivity index (χ3v) is 5.94. The van der Waals surface area contributed by atoms with E-state index in [4.69, 9.17) is 0 Å². The highest BCUT2D eigenvalue weighted by Gasteiger charge is 2.32. The number of hydrogen-bond acceptors (Lipinski definition) is 7. The minimum Gasteiger partial charge on any atom is -0.391 e. The summed E-state index contributed by atoms with van der Waals surface area (Å²) < 4.78 is 25.1. The minimum absolute atomic E-state index is 0.179. The van der Waals surface area contributed by atoms with E-state index in [1.165, 1.54) is 10.6 Å². The van der Waals surface area contributed by atoms with Gasteiger partial charge in [0.05, 0.1) is 30.3 Å². The van der Waals surface area contributed by atoms with Gasteiger partial charge in [0.2, 0.25) is 10.0 Å². The molecule has 0 amide bonds. The second-order valence-corrected chi connectivity index (χ2v) is 8.58. The van der Waals surface area contributed by atoms with Crippen molar-refractivity contribution in [3.63, 3.8) is 0 Å². The molecule has 2 unspecified atom stereocenters. The third-order valence-electron chi connectivity index (χ3n) is 4.67. The number of aromatic amines is 1. The molecule has 3 aromatic heterocycles. The average molecular weight is 388 g/mol. The topological polar surface area (TPSA) is 124 Å². The van der Waals surface area contributed by atoms with Crippen molar-refractivity contribution in [1.29, 1.82) is 0 Å². The Kier molecular flexibility index (Phi) is 4.54. The lowest BCUT2D eigenvalue weighted by Crippen LogP contribution is -2.52. The van der Waals surface area contributed by atoms with Crippen molar-refractivity contribution in [2.75, 3.05) is 24.7 Å². The number of aliphatic hydroxyl groups excluding tert-OH is 1. The van der Waals surface area contributed by atoms with Gasteiger partial charge in [-0.2, -0.15) is 4.31 Å². The number of fused-ring (bicyclic) bond motifs is 1. The quantitative estimate of drug-likeness (QED) is 0.604. The van der Waals surface area contributed by atoms with Gasteiger partial charge in [-0.05, 0) is 24.6 Å². The van der Waals surface area contributed by atoms with Gasteiger partial charge in [0.15, 0.2) is 5.65 Å². The predicted molar refractivity (Wildman–Crippen MR) is 102 cm³/mol. The Bertz CT molecular complexity index is 1070. The lowest BCUT2D eigenvalue weighted by molar-refractivity contribution is 0.0993. The summed E-state index contributed by atoms with van der Waals surface area (Å²) in [6.45, 7) is 0.488. The van der Waals surface area contributed by atoms with E-state index in [9.17, 15) is 13.5 Å². The van der Waals surface area contributed by atoms with E-state index in [0.717, 1.165) is 11.1 Å². The van der Waals surface area contributed by atoms with Crippen molar-refractivity contribution in [2.45, 2.75) is 18.6 Å². The summed E-state index contributed by atoms with van der Waals surface area (Å²) in [5.74, 6) is 0.529. The van der Waals surface area contributed by atoms with E-state index in [0.29, 0.717) is 30.1 Å². The molecule has 3 aromatic rings. The van der Waals surface area contributed by atoms with E-state index in [1.54, 1.807) is 24.7 Å². The number of aliphatic hydroxyl groups is 1. The number of rotatable bonds is 4. The number of piperidine rings is 1. The van der Waals surface area contributed by atoms with Gasteiger partial charge in [-0.25, -0.2) is 23.4 Å². The molecule has 142 valence electrons. The molecular weight excluding hydrogens is 368 g/mol. The highest BCUT2D eigenvalue weighted by atomic mass is 32.2. The summed E-state index contributed by atoms with van der Waals surface area (Å²) in [4.78, 5) is 16.3. The van der Waals surface area contributed by atoms with E-state index < -0.39 is 22.2 Å². The molecule has 4 rings (SSSR count). The highest BCUT2D eigenvalue weighted by molar-refractivity contribution is 7.88. The van der Waals surface area contributed by atoms with Crippen molar-refractivity contribution >= 4 is 27.0 Å². The van der Waals surface area contributed by atoms with E-state index in [-0.39, 0.29) is 6.54 Å². The normalized spacial score (nSPS) is 21.4. The van der Waals surface area contributed by atoms with Crippen LogP contribution in [0.25, 0.3) is 22.4 Å². The standard InChI is InChI=1S/C17H20N6O3S/c1-27(25,26)23-8-5-15(24)14(10-23)22-16-11(3-2-6-18-16)13-9-20-17-12(21-13)4-7-19-17/h2-4,6-7,9,14-15,24H,5,8,10H2,1H3,(H,18,22)(H,19,20). The molecule has 2 atom stereocenters. The monoisotopic (exact) mass is 388 g/mol. The van der Waals surface area contributed by atoms with Crippen LogP contribution >= 0.6 is 0 Å². The molecule has 1 fully saturated rings. The maximum absolute atomic E-state index is 11.9. The van der Waals surface area contributed by atoms with Crippen LogP contribution in [0.4, 0.5) is 5.82 Å². The van der Waals surface area contributed by atoms with Crippen molar-refractivity contribution < 1.29 is 13.5 Å². The third kappa shape index (κ3) is 3.64. The van der Waals surface area contributed by atoms with Crippen LogP contribution in [0.3, 0.4) is 0 Å². The Hall–Kier alpha value is -2.56. The summed E-state index contributed by atoms with van der Waals surface area (Å²) in [7, 11) is -3.32. The van der Waals surface area contributed by atoms with Gasteiger partial charge in [0.25, 0.3) is 0 Å². The summed E-state index contributed by atoms with van der Waals surface area (Å²) >= 11 is 0. The second kappa shape index (κ2) is 6.87. The van der Waals surface area contributed by atoms with Gasteiger partial charge in [-0.15, -0.1) is 0 Å². The Balaban J connectivity index is 1.64.